The highest BCUT2D eigenvalue weighted by molar-refractivity contribution is 7.90. The molecule has 4 rings (SSSR count). The van der Waals surface area contributed by atoms with E-state index in [0.717, 1.165) is 18.8 Å². The number of aromatic nitrogens is 2. The fourth-order valence-electron chi connectivity index (χ4n) is 3.94. The molecule has 0 spiro atoms. The first-order valence-electron chi connectivity index (χ1n) is 10.6. The van der Waals surface area contributed by atoms with Crippen LogP contribution in [0.15, 0.2) is 53.4 Å². The summed E-state index contributed by atoms with van der Waals surface area (Å²) < 4.78 is 25.1. The van der Waals surface area contributed by atoms with Crippen LogP contribution in [0.2, 0.25) is 0 Å². The molecule has 1 aliphatic heterocycles. The molecule has 1 fully saturated rings. The number of benzene rings is 2. The van der Waals surface area contributed by atoms with Gasteiger partial charge in [0.2, 0.25) is 0 Å². The minimum atomic E-state index is -3.28. The van der Waals surface area contributed by atoms with Crippen molar-refractivity contribution in [1.82, 2.24) is 14.7 Å². The minimum absolute atomic E-state index is 0.0717. The summed E-state index contributed by atoms with van der Waals surface area (Å²) in [6.45, 7) is 8.86. The third-order valence-electron chi connectivity index (χ3n) is 5.98. The summed E-state index contributed by atoms with van der Waals surface area (Å²) in [5.41, 5.74) is 5.59. The largest absolute Gasteiger partial charge is 0.368 e. The molecule has 168 valence electrons. The second-order valence-electron chi connectivity index (χ2n) is 8.40. The predicted molar refractivity (Wildman–Crippen MR) is 125 cm³/mol. The van der Waals surface area contributed by atoms with E-state index in [2.05, 4.69) is 42.0 Å². The highest BCUT2D eigenvalue weighted by Crippen LogP contribution is 2.22. The highest BCUT2D eigenvalue weighted by atomic mass is 32.2. The Morgan fingerprint density at radius 2 is 1.47 bits per heavy atom. The van der Waals surface area contributed by atoms with Crippen molar-refractivity contribution in [2.75, 3.05) is 37.3 Å². The van der Waals surface area contributed by atoms with Crippen molar-refractivity contribution >= 4 is 21.4 Å². The number of carbonyl (C=O) groups is 1. The second kappa shape index (κ2) is 8.43. The standard InChI is InChI=1S/C24H28N4O3S/c1-17-5-6-21(15-18(17)2)26-11-13-27(14-12-26)24(29)23-16-19(3)25-28(23)20-7-9-22(10-8-20)32(4,30)31/h5-10,15-16H,11-14H2,1-4H3. The molecule has 7 nitrogen and oxygen atoms in total. The zero-order chi connectivity index (χ0) is 23.0. The van der Waals surface area contributed by atoms with Crippen LogP contribution in [-0.2, 0) is 9.84 Å². The number of hydrogen-bond acceptors (Lipinski definition) is 5. The first-order valence-corrected chi connectivity index (χ1v) is 12.5. The van der Waals surface area contributed by atoms with Gasteiger partial charge in [-0.1, -0.05) is 6.07 Å². The van der Waals surface area contributed by atoms with Crippen LogP contribution in [0.4, 0.5) is 5.69 Å². The van der Waals surface area contributed by atoms with E-state index < -0.39 is 9.84 Å². The summed E-state index contributed by atoms with van der Waals surface area (Å²) in [4.78, 5) is 17.7. The smallest absolute Gasteiger partial charge is 0.272 e. The predicted octanol–water partition coefficient (Wildman–Crippen LogP) is 3.16. The molecule has 2 aromatic carbocycles. The molecule has 2 heterocycles. The van der Waals surface area contributed by atoms with Gasteiger partial charge in [0.05, 0.1) is 16.3 Å². The Hall–Kier alpha value is -3.13. The van der Waals surface area contributed by atoms with Crippen LogP contribution in [0.5, 0.6) is 0 Å². The number of carbonyl (C=O) groups excluding carboxylic acids is 1. The van der Waals surface area contributed by atoms with E-state index in [1.165, 1.54) is 35.2 Å². The van der Waals surface area contributed by atoms with Crippen LogP contribution in [-0.4, -0.2) is 61.4 Å². The van der Waals surface area contributed by atoms with Gasteiger partial charge in [0.15, 0.2) is 9.84 Å². The minimum Gasteiger partial charge on any atom is -0.368 e. The van der Waals surface area contributed by atoms with E-state index in [9.17, 15) is 13.2 Å². The molecule has 1 saturated heterocycles. The van der Waals surface area contributed by atoms with Crippen molar-refractivity contribution in [1.29, 1.82) is 0 Å². The zero-order valence-electron chi connectivity index (χ0n) is 18.9. The maximum Gasteiger partial charge on any atom is 0.272 e. The van der Waals surface area contributed by atoms with Crippen molar-refractivity contribution in [3.63, 3.8) is 0 Å². The molecule has 1 aromatic heterocycles. The Kier molecular flexibility index (Phi) is 5.81. The van der Waals surface area contributed by atoms with E-state index in [1.54, 1.807) is 22.9 Å². The molecule has 0 N–H and O–H groups in total. The lowest BCUT2D eigenvalue weighted by Crippen LogP contribution is -2.49. The molecule has 1 aliphatic rings. The molecule has 3 aromatic rings. The van der Waals surface area contributed by atoms with Crippen LogP contribution < -0.4 is 4.90 Å². The molecule has 32 heavy (non-hydrogen) atoms. The van der Waals surface area contributed by atoms with Crippen molar-refractivity contribution in [3.8, 4) is 5.69 Å². The van der Waals surface area contributed by atoms with Crippen LogP contribution in [0.25, 0.3) is 5.69 Å². The summed E-state index contributed by atoms with van der Waals surface area (Å²) >= 11 is 0. The van der Waals surface area contributed by atoms with Crippen LogP contribution >= 0.6 is 0 Å². The van der Waals surface area contributed by atoms with E-state index in [-0.39, 0.29) is 10.8 Å². The Bertz CT molecular complexity index is 1250. The molecule has 0 radical (unpaired) electrons. The number of amides is 1. The van der Waals surface area contributed by atoms with Crippen molar-refractivity contribution in [2.45, 2.75) is 25.7 Å². The number of nitrogens with zero attached hydrogens (tertiary/aromatic N) is 4. The van der Waals surface area contributed by atoms with Crippen LogP contribution in [0.1, 0.15) is 27.3 Å². The quantitative estimate of drug-likeness (QED) is 0.608. The second-order valence-corrected chi connectivity index (χ2v) is 10.4. The summed E-state index contributed by atoms with van der Waals surface area (Å²) in [6.07, 6.45) is 1.17. The van der Waals surface area contributed by atoms with Gasteiger partial charge in [-0.15, -0.1) is 0 Å². The molecule has 0 atom stereocenters. The Balaban J connectivity index is 1.52. The lowest BCUT2D eigenvalue weighted by molar-refractivity contribution is 0.0737. The first kappa shape index (κ1) is 22.1. The number of aryl methyl sites for hydroxylation is 3. The van der Waals surface area contributed by atoms with Gasteiger partial charge in [0, 0.05) is 38.1 Å². The van der Waals surface area contributed by atoms with Gasteiger partial charge in [-0.25, -0.2) is 13.1 Å². The molecule has 0 aliphatic carbocycles. The van der Waals surface area contributed by atoms with E-state index in [0.29, 0.717) is 24.5 Å². The summed E-state index contributed by atoms with van der Waals surface area (Å²) in [7, 11) is -3.28. The molecule has 1 amide bonds. The first-order chi connectivity index (χ1) is 15.1. The third kappa shape index (κ3) is 4.41. The van der Waals surface area contributed by atoms with Gasteiger partial charge >= 0.3 is 0 Å². The van der Waals surface area contributed by atoms with Crippen molar-refractivity contribution in [3.05, 3.63) is 71.0 Å². The maximum atomic E-state index is 13.3. The van der Waals surface area contributed by atoms with Crippen LogP contribution in [0.3, 0.4) is 0 Å². The third-order valence-corrected chi connectivity index (χ3v) is 7.11. The fourth-order valence-corrected chi connectivity index (χ4v) is 4.57. The molecular weight excluding hydrogens is 424 g/mol. The topological polar surface area (TPSA) is 75.5 Å². The van der Waals surface area contributed by atoms with E-state index >= 15 is 0 Å². The summed E-state index contributed by atoms with van der Waals surface area (Å²) in [6, 6.07) is 14.7. The number of hydrogen-bond donors (Lipinski definition) is 0. The van der Waals surface area contributed by atoms with E-state index in [1.807, 2.05) is 11.8 Å². The summed E-state index contributed by atoms with van der Waals surface area (Å²) in [5.74, 6) is -0.0717. The van der Waals surface area contributed by atoms with Gasteiger partial charge in [-0.2, -0.15) is 5.10 Å². The maximum absolute atomic E-state index is 13.3. The lowest BCUT2D eigenvalue weighted by Gasteiger charge is -2.36. The number of sulfone groups is 1. The highest BCUT2D eigenvalue weighted by Gasteiger charge is 2.26. The molecule has 8 heteroatoms. The molecule has 0 unspecified atom stereocenters. The van der Waals surface area contributed by atoms with Gasteiger partial charge in [0.1, 0.15) is 5.69 Å². The van der Waals surface area contributed by atoms with Gasteiger partial charge in [-0.3, -0.25) is 4.79 Å². The van der Waals surface area contributed by atoms with E-state index in [4.69, 9.17) is 0 Å². The molecule has 0 bridgehead atoms. The van der Waals surface area contributed by atoms with Gasteiger partial charge in [-0.05, 0) is 74.4 Å². The average molecular weight is 453 g/mol. The molecule has 0 saturated carbocycles. The molecular formula is C24H28N4O3S. The number of anilines is 1. The Morgan fingerprint density at radius 3 is 2.06 bits per heavy atom. The monoisotopic (exact) mass is 452 g/mol. The number of piperazine rings is 1. The Morgan fingerprint density at radius 1 is 0.844 bits per heavy atom. The zero-order valence-corrected chi connectivity index (χ0v) is 19.7. The fraction of sp³-hybridized carbons (Fsp3) is 0.333. The normalized spacial score (nSPS) is 14.6. The lowest BCUT2D eigenvalue weighted by atomic mass is 10.1. The van der Waals surface area contributed by atoms with Gasteiger partial charge < -0.3 is 9.80 Å². The Labute approximate surface area is 189 Å². The van der Waals surface area contributed by atoms with Crippen molar-refractivity contribution in [2.24, 2.45) is 0 Å². The summed E-state index contributed by atoms with van der Waals surface area (Å²) in [5, 5.41) is 4.48. The number of rotatable bonds is 4. The van der Waals surface area contributed by atoms with Crippen LogP contribution in [0, 0.1) is 20.8 Å². The van der Waals surface area contributed by atoms with Gasteiger partial charge in [0.25, 0.3) is 5.91 Å². The van der Waals surface area contributed by atoms with Crippen molar-refractivity contribution < 1.29 is 13.2 Å². The SMILES string of the molecule is Cc1cc(C(=O)N2CCN(c3ccc(C)c(C)c3)CC2)n(-c2ccc(S(C)(=O)=O)cc2)n1. The average Bonchev–Trinajstić information content (AvgIpc) is 3.16.